The van der Waals surface area contributed by atoms with Gasteiger partial charge < -0.3 is 9.72 Å². The lowest BCUT2D eigenvalue weighted by Gasteiger charge is -2.23. The van der Waals surface area contributed by atoms with E-state index in [1.165, 1.54) is 13.3 Å². The maximum Gasteiger partial charge on any atom is 0.405 e. The first kappa shape index (κ1) is 22.2. The molecule has 0 aliphatic rings. The summed E-state index contributed by atoms with van der Waals surface area (Å²) in [5, 5.41) is 0.576. The molecule has 9 heteroatoms. The van der Waals surface area contributed by atoms with E-state index in [0.29, 0.717) is 33.3 Å². The minimum atomic E-state index is -4.77. The summed E-state index contributed by atoms with van der Waals surface area (Å²) in [7, 11) is -2.89. The summed E-state index contributed by atoms with van der Waals surface area (Å²) in [4.78, 5) is 2.79. The van der Waals surface area contributed by atoms with Crippen LogP contribution in [-0.2, 0) is 16.4 Å². The van der Waals surface area contributed by atoms with Crippen molar-refractivity contribution >= 4 is 20.9 Å². The molecular weight excluding hydrogens is 417 g/mol. The van der Waals surface area contributed by atoms with Crippen LogP contribution in [0.15, 0.2) is 41.4 Å². The Morgan fingerprint density at radius 3 is 2.30 bits per heavy atom. The second kappa shape index (κ2) is 7.96. The summed E-state index contributed by atoms with van der Waals surface area (Å²) in [5.41, 5.74) is 2.61. The number of methoxy groups -OCH3 is 1. The van der Waals surface area contributed by atoms with Gasteiger partial charge in [0.1, 0.15) is 11.8 Å². The van der Waals surface area contributed by atoms with E-state index < -0.39 is 28.7 Å². The summed E-state index contributed by atoms with van der Waals surface area (Å²) < 4.78 is 74.1. The maximum absolute atomic E-state index is 13.8. The number of aryl methyl sites for hydroxylation is 3. The topological polar surface area (TPSA) is 71.2 Å². The fraction of sp³-hybridized carbons (Fsp3) is 0.333. The van der Waals surface area contributed by atoms with Crippen LogP contribution in [0.4, 0.5) is 13.2 Å². The number of hydrogen-bond donors (Lipinski definition) is 2. The molecule has 0 radical (unpaired) electrons. The first-order valence-corrected chi connectivity index (χ1v) is 10.7. The number of hydrogen-bond acceptors (Lipinski definition) is 3. The van der Waals surface area contributed by atoms with E-state index in [4.69, 9.17) is 4.74 Å². The Hall–Kier alpha value is -2.52. The van der Waals surface area contributed by atoms with Gasteiger partial charge in [-0.1, -0.05) is 17.7 Å². The zero-order valence-corrected chi connectivity index (χ0v) is 17.8. The fourth-order valence-corrected chi connectivity index (χ4v) is 5.42. The minimum absolute atomic E-state index is 0.119. The van der Waals surface area contributed by atoms with Crippen molar-refractivity contribution in [2.24, 2.45) is 0 Å². The average Bonchev–Trinajstić information content (AvgIpc) is 3.01. The van der Waals surface area contributed by atoms with Gasteiger partial charge >= 0.3 is 6.18 Å². The summed E-state index contributed by atoms with van der Waals surface area (Å²) in [6, 6.07) is 5.96. The van der Waals surface area contributed by atoms with Crippen LogP contribution in [0, 0.1) is 20.8 Å². The molecular formula is C21H23F3N2O3S. The number of benzene rings is 2. The molecule has 0 fully saturated rings. The quantitative estimate of drug-likeness (QED) is 0.591. The lowest BCUT2D eigenvalue weighted by Crippen LogP contribution is -2.47. The van der Waals surface area contributed by atoms with Crippen molar-refractivity contribution in [2.75, 3.05) is 7.11 Å². The van der Waals surface area contributed by atoms with Crippen LogP contribution in [0.25, 0.3) is 10.9 Å². The Labute approximate surface area is 173 Å². The van der Waals surface area contributed by atoms with E-state index in [1.54, 1.807) is 51.1 Å². The molecule has 0 spiro atoms. The van der Waals surface area contributed by atoms with E-state index in [0.717, 1.165) is 5.56 Å². The summed E-state index contributed by atoms with van der Waals surface area (Å²) in [5.74, 6) is 0.564. The summed E-state index contributed by atoms with van der Waals surface area (Å²) in [6.07, 6.45) is -3.85. The smallest absolute Gasteiger partial charge is 0.405 e. The summed E-state index contributed by atoms with van der Waals surface area (Å²) >= 11 is 0. The Morgan fingerprint density at radius 2 is 1.73 bits per heavy atom. The lowest BCUT2D eigenvalue weighted by atomic mass is 10.1. The van der Waals surface area contributed by atoms with E-state index in [-0.39, 0.29) is 4.90 Å². The van der Waals surface area contributed by atoms with Crippen molar-refractivity contribution in [1.82, 2.24) is 9.71 Å². The van der Waals surface area contributed by atoms with Gasteiger partial charge in [0.15, 0.2) is 0 Å². The molecule has 1 atom stereocenters. The van der Waals surface area contributed by atoms with Crippen LogP contribution < -0.4 is 9.46 Å². The predicted octanol–water partition coefficient (Wildman–Crippen LogP) is 4.55. The van der Waals surface area contributed by atoms with Crippen LogP contribution >= 0.6 is 0 Å². The number of rotatable bonds is 6. The molecule has 2 N–H and O–H groups in total. The summed E-state index contributed by atoms with van der Waals surface area (Å²) in [6.45, 7) is 4.95. The van der Waals surface area contributed by atoms with Gasteiger partial charge in [-0.25, -0.2) is 8.42 Å². The second-order valence-corrected chi connectivity index (χ2v) is 9.02. The highest BCUT2D eigenvalue weighted by Crippen LogP contribution is 2.30. The van der Waals surface area contributed by atoms with Crippen LogP contribution in [0.1, 0.15) is 22.3 Å². The highest BCUT2D eigenvalue weighted by atomic mass is 32.2. The third-order valence-corrected chi connectivity index (χ3v) is 6.74. The van der Waals surface area contributed by atoms with Crippen molar-refractivity contribution in [3.05, 3.63) is 58.8 Å². The van der Waals surface area contributed by atoms with Gasteiger partial charge in [0.05, 0.1) is 12.0 Å². The van der Waals surface area contributed by atoms with E-state index >= 15 is 0 Å². The highest BCUT2D eigenvalue weighted by molar-refractivity contribution is 7.89. The van der Waals surface area contributed by atoms with E-state index in [1.807, 2.05) is 4.72 Å². The molecule has 0 bridgehead atoms. The van der Waals surface area contributed by atoms with E-state index in [2.05, 4.69) is 4.98 Å². The van der Waals surface area contributed by atoms with Gasteiger partial charge in [-0.05, 0) is 56.0 Å². The molecule has 0 aliphatic heterocycles. The number of halogens is 3. The molecule has 5 nitrogen and oxygen atoms in total. The minimum Gasteiger partial charge on any atom is -0.497 e. The van der Waals surface area contributed by atoms with Gasteiger partial charge in [0, 0.05) is 23.2 Å². The predicted molar refractivity (Wildman–Crippen MR) is 109 cm³/mol. The molecule has 1 heterocycles. The zero-order chi connectivity index (χ0) is 22.3. The highest BCUT2D eigenvalue weighted by Gasteiger charge is 2.43. The molecule has 2 aromatic carbocycles. The van der Waals surface area contributed by atoms with Crippen molar-refractivity contribution in [2.45, 2.75) is 44.3 Å². The van der Waals surface area contributed by atoms with Crippen LogP contribution in [-0.4, -0.2) is 32.7 Å². The lowest BCUT2D eigenvalue weighted by molar-refractivity contribution is -0.150. The van der Waals surface area contributed by atoms with Crippen LogP contribution in [0.2, 0.25) is 0 Å². The third kappa shape index (κ3) is 4.46. The number of aromatic amines is 1. The van der Waals surface area contributed by atoms with Gasteiger partial charge in [0.25, 0.3) is 0 Å². The number of ether oxygens (including phenoxy) is 1. The monoisotopic (exact) mass is 440 g/mol. The molecule has 30 heavy (non-hydrogen) atoms. The SMILES string of the molecule is COc1ccc2c(CC(NS(=O)(=O)c3c(C)cc(C)cc3C)C(F)(F)F)c[nH]c2c1. The zero-order valence-electron chi connectivity index (χ0n) is 17.0. The number of fused-ring (bicyclic) bond motifs is 1. The molecule has 3 aromatic rings. The fourth-order valence-electron chi connectivity index (χ4n) is 3.74. The molecule has 0 amide bonds. The van der Waals surface area contributed by atoms with Crippen LogP contribution in [0.5, 0.6) is 5.75 Å². The van der Waals surface area contributed by atoms with Crippen molar-refractivity contribution in [3.8, 4) is 5.75 Å². The molecule has 1 aromatic heterocycles. The Morgan fingerprint density at radius 1 is 1.10 bits per heavy atom. The number of sulfonamides is 1. The number of aromatic nitrogens is 1. The maximum atomic E-state index is 13.8. The van der Waals surface area contributed by atoms with Gasteiger partial charge in [-0.2, -0.15) is 17.9 Å². The first-order chi connectivity index (χ1) is 13.9. The standard InChI is InChI=1S/C21H23F3N2O3S/c1-12-7-13(2)20(14(3)8-12)30(27,28)26-19(21(22,23)24)9-15-11-25-18-10-16(29-4)5-6-17(15)18/h5-8,10-11,19,25-26H,9H2,1-4H3. The molecule has 0 saturated heterocycles. The van der Waals surface area contributed by atoms with E-state index in [9.17, 15) is 21.6 Å². The number of nitrogens with one attached hydrogen (secondary N) is 2. The third-order valence-electron chi connectivity index (χ3n) is 4.96. The molecule has 0 aliphatic carbocycles. The first-order valence-electron chi connectivity index (χ1n) is 9.23. The van der Waals surface area contributed by atoms with Gasteiger partial charge in [0.2, 0.25) is 10.0 Å². The average molecular weight is 440 g/mol. The molecule has 162 valence electrons. The van der Waals surface area contributed by atoms with Crippen LogP contribution in [0.3, 0.4) is 0 Å². The van der Waals surface area contributed by atoms with Crippen molar-refractivity contribution in [3.63, 3.8) is 0 Å². The Balaban J connectivity index is 1.97. The van der Waals surface area contributed by atoms with Crippen molar-refractivity contribution in [1.29, 1.82) is 0 Å². The molecule has 3 rings (SSSR count). The van der Waals surface area contributed by atoms with Crippen molar-refractivity contribution < 1.29 is 26.3 Å². The Bertz CT molecular complexity index is 1160. The van der Waals surface area contributed by atoms with Gasteiger partial charge in [-0.3, -0.25) is 0 Å². The molecule has 0 saturated carbocycles. The normalized spacial score (nSPS) is 13.6. The molecule has 1 unspecified atom stereocenters. The largest absolute Gasteiger partial charge is 0.497 e. The second-order valence-electron chi connectivity index (χ2n) is 7.37. The van der Waals surface area contributed by atoms with Gasteiger partial charge in [-0.15, -0.1) is 0 Å². The Kier molecular flexibility index (Phi) is 5.88. The number of alkyl halides is 3. The number of H-pyrrole nitrogens is 1.